The first-order chi connectivity index (χ1) is 12.6. The molecule has 0 aliphatic heterocycles. The third-order valence-electron chi connectivity index (χ3n) is 4.01. The number of nitrogens with zero attached hydrogens (tertiary/aromatic N) is 4. The van der Waals surface area contributed by atoms with Gasteiger partial charge < -0.3 is 5.32 Å². The highest BCUT2D eigenvalue weighted by molar-refractivity contribution is 6.04. The molecule has 1 aromatic carbocycles. The summed E-state index contributed by atoms with van der Waals surface area (Å²) in [7, 11) is 0. The Morgan fingerprint density at radius 3 is 2.88 bits per heavy atom. The average molecular weight is 347 g/mol. The molecule has 4 aromatic rings. The molecular weight excluding hydrogens is 333 g/mol. The summed E-state index contributed by atoms with van der Waals surface area (Å²) < 4.78 is 15.3. The number of carbonyl (C=O) groups excluding carboxylic acids is 1. The lowest BCUT2D eigenvalue weighted by atomic mass is 10.1. The Balaban J connectivity index is 1.63. The number of amides is 1. The fourth-order valence-electron chi connectivity index (χ4n) is 2.60. The second-order valence-electron chi connectivity index (χ2n) is 5.79. The molecule has 1 N–H and O–H groups in total. The maximum atomic E-state index is 13.7. The van der Waals surface area contributed by atoms with Crippen molar-refractivity contribution in [1.29, 1.82) is 0 Å². The van der Waals surface area contributed by atoms with E-state index in [0.29, 0.717) is 22.6 Å². The number of pyridine rings is 1. The highest BCUT2D eigenvalue weighted by Gasteiger charge is 2.12. The fraction of sp³-hybridized carbons (Fsp3) is 0.0526. The number of hydrogen-bond donors (Lipinski definition) is 1. The summed E-state index contributed by atoms with van der Waals surface area (Å²) in [6, 6.07) is 9.58. The van der Waals surface area contributed by atoms with Gasteiger partial charge in [-0.1, -0.05) is 6.07 Å². The zero-order valence-corrected chi connectivity index (χ0v) is 13.8. The molecule has 7 heteroatoms. The first kappa shape index (κ1) is 15.9. The van der Waals surface area contributed by atoms with Gasteiger partial charge in [-0.15, -0.1) is 0 Å². The van der Waals surface area contributed by atoms with Crippen LogP contribution in [-0.4, -0.2) is 25.5 Å². The maximum Gasteiger partial charge on any atom is 0.255 e. The van der Waals surface area contributed by atoms with Crippen LogP contribution < -0.4 is 5.32 Å². The van der Waals surface area contributed by atoms with Crippen molar-refractivity contribution in [3.8, 4) is 11.3 Å². The van der Waals surface area contributed by atoms with E-state index in [4.69, 9.17) is 0 Å². The van der Waals surface area contributed by atoms with Crippen molar-refractivity contribution in [3.05, 3.63) is 78.1 Å². The minimum atomic E-state index is -0.412. The van der Waals surface area contributed by atoms with Crippen molar-refractivity contribution in [1.82, 2.24) is 19.6 Å². The van der Waals surface area contributed by atoms with Gasteiger partial charge in [-0.3, -0.25) is 9.78 Å². The fourth-order valence-corrected chi connectivity index (χ4v) is 2.60. The molecular formula is C19H14FN5O. The zero-order chi connectivity index (χ0) is 18.1. The summed E-state index contributed by atoms with van der Waals surface area (Å²) in [6.07, 6.45) is 6.74. The first-order valence-electron chi connectivity index (χ1n) is 7.94. The Morgan fingerprint density at radius 2 is 2.04 bits per heavy atom. The van der Waals surface area contributed by atoms with Crippen molar-refractivity contribution in [2.24, 2.45) is 0 Å². The van der Waals surface area contributed by atoms with Gasteiger partial charge in [-0.25, -0.2) is 13.9 Å². The van der Waals surface area contributed by atoms with Crippen LogP contribution in [0.15, 0.2) is 61.2 Å². The molecule has 4 rings (SSSR count). The number of rotatable bonds is 3. The molecule has 0 fully saturated rings. The Bertz CT molecular complexity index is 1120. The number of aromatic nitrogens is 4. The van der Waals surface area contributed by atoms with E-state index in [9.17, 15) is 9.18 Å². The van der Waals surface area contributed by atoms with Crippen LogP contribution in [0.1, 0.15) is 15.9 Å². The Morgan fingerprint density at radius 1 is 1.15 bits per heavy atom. The van der Waals surface area contributed by atoms with Gasteiger partial charge in [0.25, 0.3) is 5.91 Å². The van der Waals surface area contributed by atoms with Crippen molar-refractivity contribution >= 4 is 17.2 Å². The highest BCUT2D eigenvalue weighted by atomic mass is 19.1. The molecule has 1 amide bonds. The summed E-state index contributed by atoms with van der Waals surface area (Å²) in [6.45, 7) is 1.65. The Labute approximate surface area is 148 Å². The lowest BCUT2D eigenvalue weighted by Gasteiger charge is -2.07. The molecule has 0 aliphatic rings. The first-order valence-corrected chi connectivity index (χ1v) is 7.94. The van der Waals surface area contributed by atoms with Gasteiger partial charge in [-0.05, 0) is 42.8 Å². The predicted octanol–water partition coefficient (Wildman–Crippen LogP) is 3.49. The van der Waals surface area contributed by atoms with Gasteiger partial charge in [0, 0.05) is 29.8 Å². The standard InChI is InChI=1S/C19H14FN5O/c1-12-3-4-13(9-16(12)20)19(26)24-14-5-7-21-17(10-14)15-11-23-25-8-2-6-22-18(15)25/h2-11H,1H3,(H,21,24,26). The number of fused-ring (bicyclic) bond motifs is 1. The monoisotopic (exact) mass is 347 g/mol. The van der Waals surface area contributed by atoms with Crippen LogP contribution >= 0.6 is 0 Å². The SMILES string of the molecule is Cc1ccc(C(=O)Nc2ccnc(-c3cnn4cccnc34)c2)cc1F. The van der Waals surface area contributed by atoms with Crippen LogP contribution in [0.2, 0.25) is 0 Å². The van der Waals surface area contributed by atoms with E-state index in [2.05, 4.69) is 20.4 Å². The molecule has 6 nitrogen and oxygen atoms in total. The van der Waals surface area contributed by atoms with Crippen LogP contribution in [-0.2, 0) is 0 Å². The highest BCUT2D eigenvalue weighted by Crippen LogP contribution is 2.23. The molecule has 0 saturated heterocycles. The summed E-state index contributed by atoms with van der Waals surface area (Å²) >= 11 is 0. The van der Waals surface area contributed by atoms with E-state index in [1.165, 1.54) is 6.07 Å². The molecule has 3 aromatic heterocycles. The summed E-state index contributed by atoms with van der Waals surface area (Å²) in [5, 5.41) is 7.00. The molecule has 128 valence electrons. The summed E-state index contributed by atoms with van der Waals surface area (Å²) in [5.41, 5.74) is 3.35. The second-order valence-corrected chi connectivity index (χ2v) is 5.79. The second kappa shape index (κ2) is 6.36. The number of benzene rings is 1. The van der Waals surface area contributed by atoms with Crippen molar-refractivity contribution in [2.75, 3.05) is 5.32 Å². The van der Waals surface area contributed by atoms with Crippen LogP contribution in [0.3, 0.4) is 0 Å². The normalized spacial score (nSPS) is 10.8. The Hall–Kier alpha value is -3.61. The third kappa shape index (κ3) is 2.90. The van der Waals surface area contributed by atoms with Crippen LogP contribution in [0, 0.1) is 12.7 Å². The molecule has 0 saturated carbocycles. The molecule has 0 radical (unpaired) electrons. The van der Waals surface area contributed by atoms with Gasteiger partial charge in [0.1, 0.15) is 5.82 Å². The number of hydrogen-bond acceptors (Lipinski definition) is 4. The van der Waals surface area contributed by atoms with Gasteiger partial charge in [0.2, 0.25) is 0 Å². The van der Waals surface area contributed by atoms with Crippen LogP contribution in [0.5, 0.6) is 0 Å². The third-order valence-corrected chi connectivity index (χ3v) is 4.01. The smallest absolute Gasteiger partial charge is 0.255 e. The lowest BCUT2D eigenvalue weighted by Crippen LogP contribution is -2.12. The quantitative estimate of drug-likeness (QED) is 0.616. The van der Waals surface area contributed by atoms with Crippen molar-refractivity contribution in [3.63, 3.8) is 0 Å². The van der Waals surface area contributed by atoms with E-state index in [-0.39, 0.29) is 11.5 Å². The minimum absolute atomic E-state index is 0.254. The van der Waals surface area contributed by atoms with Crippen molar-refractivity contribution < 1.29 is 9.18 Å². The van der Waals surface area contributed by atoms with E-state index >= 15 is 0 Å². The van der Waals surface area contributed by atoms with Crippen LogP contribution in [0.25, 0.3) is 16.9 Å². The molecule has 0 bridgehead atoms. The summed E-state index contributed by atoms with van der Waals surface area (Å²) in [5.74, 6) is -0.801. The number of halogens is 1. The van der Waals surface area contributed by atoms with E-state index in [0.717, 1.165) is 5.56 Å². The predicted molar refractivity (Wildman–Crippen MR) is 95.3 cm³/mol. The summed E-state index contributed by atoms with van der Waals surface area (Å²) in [4.78, 5) is 21.0. The topological polar surface area (TPSA) is 72.2 Å². The Kier molecular flexibility index (Phi) is 3.89. The van der Waals surface area contributed by atoms with E-state index in [1.54, 1.807) is 66.6 Å². The molecule has 26 heavy (non-hydrogen) atoms. The number of aryl methyl sites for hydroxylation is 1. The maximum absolute atomic E-state index is 13.7. The van der Waals surface area contributed by atoms with E-state index in [1.807, 2.05) is 0 Å². The van der Waals surface area contributed by atoms with Crippen LogP contribution in [0.4, 0.5) is 10.1 Å². The van der Waals surface area contributed by atoms with Gasteiger partial charge in [0.05, 0.1) is 17.5 Å². The van der Waals surface area contributed by atoms with E-state index < -0.39 is 5.82 Å². The van der Waals surface area contributed by atoms with Gasteiger partial charge >= 0.3 is 0 Å². The molecule has 0 aliphatic carbocycles. The largest absolute Gasteiger partial charge is 0.322 e. The number of anilines is 1. The molecule has 0 atom stereocenters. The number of carbonyl (C=O) groups is 1. The zero-order valence-electron chi connectivity index (χ0n) is 13.8. The van der Waals surface area contributed by atoms with Crippen molar-refractivity contribution in [2.45, 2.75) is 6.92 Å². The lowest BCUT2D eigenvalue weighted by molar-refractivity contribution is 0.102. The van der Waals surface area contributed by atoms with Gasteiger partial charge in [0.15, 0.2) is 5.65 Å². The number of nitrogens with one attached hydrogen (secondary N) is 1. The minimum Gasteiger partial charge on any atom is -0.322 e. The molecule has 3 heterocycles. The van der Waals surface area contributed by atoms with Gasteiger partial charge in [-0.2, -0.15) is 5.10 Å². The molecule has 0 spiro atoms. The average Bonchev–Trinajstić information content (AvgIpc) is 3.08. The molecule has 0 unspecified atom stereocenters.